The molecule has 0 aromatic carbocycles. The van der Waals surface area contributed by atoms with Crippen molar-refractivity contribution in [2.24, 2.45) is 10.9 Å². The van der Waals surface area contributed by atoms with Crippen molar-refractivity contribution >= 4 is 6.72 Å². The molecule has 0 unspecified atom stereocenters. The molecule has 0 rings (SSSR count). The molecule has 46 valence electrons. The van der Waals surface area contributed by atoms with Crippen LogP contribution in [0, 0.1) is 5.92 Å². The van der Waals surface area contributed by atoms with E-state index in [1.165, 1.54) is 0 Å². The molecule has 0 bridgehead atoms. The second kappa shape index (κ2) is 3.42. The van der Waals surface area contributed by atoms with Crippen LogP contribution in [0.4, 0.5) is 0 Å². The van der Waals surface area contributed by atoms with E-state index in [0.717, 1.165) is 5.70 Å². The molecule has 0 aliphatic carbocycles. The molecule has 1 nitrogen and oxygen atoms in total. The zero-order chi connectivity index (χ0) is 6.57. The lowest BCUT2D eigenvalue weighted by molar-refractivity contribution is 0.758. The molecule has 1 heteroatoms. The van der Waals surface area contributed by atoms with Crippen LogP contribution in [0.15, 0.2) is 16.8 Å². The molecule has 0 aliphatic rings. The van der Waals surface area contributed by atoms with E-state index in [0.29, 0.717) is 5.92 Å². The van der Waals surface area contributed by atoms with Crippen molar-refractivity contribution in [1.82, 2.24) is 0 Å². The lowest BCUT2D eigenvalue weighted by Gasteiger charge is -2.01. The highest BCUT2D eigenvalue weighted by atomic mass is 14.7. The molecule has 0 radical (unpaired) electrons. The van der Waals surface area contributed by atoms with E-state index in [2.05, 4.69) is 25.6 Å². The second-order valence-corrected chi connectivity index (χ2v) is 2.03. The van der Waals surface area contributed by atoms with E-state index >= 15 is 0 Å². The summed E-state index contributed by atoms with van der Waals surface area (Å²) in [6.07, 6.45) is 1.98. The molecule has 0 N–H and O–H groups in total. The number of hydrogen-bond donors (Lipinski definition) is 0. The van der Waals surface area contributed by atoms with Crippen LogP contribution < -0.4 is 0 Å². The summed E-state index contributed by atoms with van der Waals surface area (Å²) in [5.74, 6) is 0.512. The van der Waals surface area contributed by atoms with Crippen LogP contribution in [0.25, 0.3) is 0 Å². The molecule has 0 saturated carbocycles. The van der Waals surface area contributed by atoms with Crippen molar-refractivity contribution in [1.29, 1.82) is 0 Å². The summed E-state index contributed by atoms with van der Waals surface area (Å²) in [4.78, 5) is 3.82. The minimum Gasteiger partial charge on any atom is -0.269 e. The Morgan fingerprint density at radius 1 is 1.62 bits per heavy atom. The minimum atomic E-state index is 0.512. The SMILES string of the molecule is C=NC(=CC)C(C)C. The topological polar surface area (TPSA) is 12.4 Å². The van der Waals surface area contributed by atoms with Gasteiger partial charge in [0.05, 0.1) is 0 Å². The Morgan fingerprint density at radius 2 is 2.12 bits per heavy atom. The lowest BCUT2D eigenvalue weighted by Crippen LogP contribution is -1.87. The Balaban J connectivity index is 3.91. The van der Waals surface area contributed by atoms with Gasteiger partial charge >= 0.3 is 0 Å². The molecular formula is C7H13N. The summed E-state index contributed by atoms with van der Waals surface area (Å²) >= 11 is 0. The molecule has 8 heavy (non-hydrogen) atoms. The molecule has 0 heterocycles. The first-order chi connectivity index (χ1) is 3.72. The van der Waals surface area contributed by atoms with Gasteiger partial charge in [-0.15, -0.1) is 0 Å². The average Bonchev–Trinajstić information content (AvgIpc) is 1.69. The van der Waals surface area contributed by atoms with Crippen molar-refractivity contribution in [2.45, 2.75) is 20.8 Å². The normalized spacial score (nSPS) is 12.2. The quantitative estimate of drug-likeness (QED) is 0.484. The van der Waals surface area contributed by atoms with Gasteiger partial charge in [0.2, 0.25) is 0 Å². The van der Waals surface area contributed by atoms with Crippen molar-refractivity contribution < 1.29 is 0 Å². The molecule has 0 aliphatic heterocycles. The molecule has 0 aromatic heterocycles. The molecule has 0 saturated heterocycles. The van der Waals surface area contributed by atoms with Gasteiger partial charge in [0.1, 0.15) is 0 Å². The largest absolute Gasteiger partial charge is 0.269 e. The predicted molar refractivity (Wildman–Crippen MR) is 38.1 cm³/mol. The first kappa shape index (κ1) is 7.41. The summed E-state index contributed by atoms with van der Waals surface area (Å²) in [7, 11) is 0. The van der Waals surface area contributed by atoms with E-state index in [4.69, 9.17) is 0 Å². The Hall–Kier alpha value is -0.590. The number of hydrogen-bond acceptors (Lipinski definition) is 1. The van der Waals surface area contributed by atoms with Crippen molar-refractivity contribution in [3.8, 4) is 0 Å². The summed E-state index contributed by atoms with van der Waals surface area (Å²) < 4.78 is 0. The van der Waals surface area contributed by atoms with Crippen LogP contribution in [0.1, 0.15) is 20.8 Å². The fourth-order valence-corrected chi connectivity index (χ4v) is 0.607. The monoisotopic (exact) mass is 111 g/mol. The summed E-state index contributed by atoms with van der Waals surface area (Å²) in [5.41, 5.74) is 1.07. The first-order valence-electron chi connectivity index (χ1n) is 2.85. The number of aliphatic imine (C=N–C) groups is 1. The summed E-state index contributed by atoms with van der Waals surface area (Å²) in [6, 6.07) is 0. The van der Waals surface area contributed by atoms with Crippen molar-refractivity contribution in [3.63, 3.8) is 0 Å². The maximum atomic E-state index is 3.82. The number of allylic oxidation sites excluding steroid dienone is 2. The fourth-order valence-electron chi connectivity index (χ4n) is 0.607. The Bertz CT molecular complexity index is 101. The van der Waals surface area contributed by atoms with Gasteiger partial charge in [-0.1, -0.05) is 19.9 Å². The van der Waals surface area contributed by atoms with Gasteiger partial charge in [-0.05, 0) is 19.6 Å². The van der Waals surface area contributed by atoms with Gasteiger partial charge in [0, 0.05) is 5.70 Å². The first-order valence-corrected chi connectivity index (χ1v) is 2.85. The maximum absolute atomic E-state index is 3.82. The van der Waals surface area contributed by atoms with Gasteiger partial charge in [0.15, 0.2) is 0 Å². The Labute approximate surface area is 51.1 Å². The van der Waals surface area contributed by atoms with E-state index < -0.39 is 0 Å². The van der Waals surface area contributed by atoms with Crippen LogP contribution in [0.2, 0.25) is 0 Å². The highest BCUT2D eigenvalue weighted by Gasteiger charge is 1.94. The zero-order valence-electron chi connectivity index (χ0n) is 5.81. The lowest BCUT2D eigenvalue weighted by atomic mass is 10.1. The smallest absolute Gasteiger partial charge is 0.0379 e. The zero-order valence-corrected chi connectivity index (χ0v) is 5.81. The van der Waals surface area contributed by atoms with E-state index in [-0.39, 0.29) is 0 Å². The van der Waals surface area contributed by atoms with Crippen LogP contribution in [-0.4, -0.2) is 6.72 Å². The van der Waals surface area contributed by atoms with Crippen LogP contribution in [-0.2, 0) is 0 Å². The van der Waals surface area contributed by atoms with E-state index in [1.54, 1.807) is 0 Å². The van der Waals surface area contributed by atoms with Crippen LogP contribution in [0.5, 0.6) is 0 Å². The molecule has 0 atom stereocenters. The molecule has 0 amide bonds. The van der Waals surface area contributed by atoms with Gasteiger partial charge in [-0.25, -0.2) is 0 Å². The third kappa shape index (κ3) is 1.92. The highest BCUT2D eigenvalue weighted by molar-refractivity contribution is 5.29. The number of rotatable bonds is 2. The Kier molecular flexibility index (Phi) is 3.16. The summed E-state index contributed by atoms with van der Waals surface area (Å²) in [6.45, 7) is 9.61. The van der Waals surface area contributed by atoms with Crippen LogP contribution >= 0.6 is 0 Å². The third-order valence-electron chi connectivity index (χ3n) is 1.07. The van der Waals surface area contributed by atoms with Gasteiger partial charge in [-0.3, -0.25) is 4.99 Å². The molecular weight excluding hydrogens is 98.1 g/mol. The number of nitrogens with zero attached hydrogens (tertiary/aromatic N) is 1. The predicted octanol–water partition coefficient (Wildman–Crippen LogP) is 2.25. The minimum absolute atomic E-state index is 0.512. The van der Waals surface area contributed by atoms with E-state index in [9.17, 15) is 0 Å². The molecule has 0 fully saturated rings. The van der Waals surface area contributed by atoms with E-state index in [1.807, 2.05) is 13.0 Å². The highest BCUT2D eigenvalue weighted by Crippen LogP contribution is 2.08. The third-order valence-corrected chi connectivity index (χ3v) is 1.07. The molecule has 0 spiro atoms. The fraction of sp³-hybridized carbons (Fsp3) is 0.571. The van der Waals surface area contributed by atoms with Crippen molar-refractivity contribution in [3.05, 3.63) is 11.8 Å². The van der Waals surface area contributed by atoms with Crippen LogP contribution in [0.3, 0.4) is 0 Å². The molecule has 0 aromatic rings. The van der Waals surface area contributed by atoms with Crippen molar-refractivity contribution in [2.75, 3.05) is 0 Å². The average molecular weight is 111 g/mol. The van der Waals surface area contributed by atoms with Gasteiger partial charge in [0.25, 0.3) is 0 Å². The van der Waals surface area contributed by atoms with Gasteiger partial charge in [-0.2, -0.15) is 0 Å². The summed E-state index contributed by atoms with van der Waals surface area (Å²) in [5, 5.41) is 0. The Morgan fingerprint density at radius 3 is 2.12 bits per heavy atom. The van der Waals surface area contributed by atoms with Gasteiger partial charge < -0.3 is 0 Å². The second-order valence-electron chi connectivity index (χ2n) is 2.03. The maximum Gasteiger partial charge on any atom is 0.0379 e. The standard InChI is InChI=1S/C7H13N/c1-5-7(8-4)6(2)3/h5-6H,4H2,1-3H3.